The summed E-state index contributed by atoms with van der Waals surface area (Å²) in [5.41, 5.74) is 8.39. The Morgan fingerprint density at radius 2 is 2.05 bits per heavy atom. The SMILES string of the molecule is CCc1ccc(C(C)C(=O)N2CCC(N)CC2C)cc1. The van der Waals surface area contributed by atoms with E-state index < -0.39 is 0 Å². The molecule has 0 aliphatic carbocycles. The first-order chi connectivity index (χ1) is 9.52. The van der Waals surface area contributed by atoms with Crippen LogP contribution in [0.1, 0.15) is 50.7 Å². The lowest BCUT2D eigenvalue weighted by molar-refractivity contribution is -0.135. The minimum Gasteiger partial charge on any atom is -0.339 e. The monoisotopic (exact) mass is 274 g/mol. The molecule has 0 spiro atoms. The normalized spacial score (nSPS) is 24.5. The highest BCUT2D eigenvalue weighted by Crippen LogP contribution is 2.24. The molecule has 3 unspecified atom stereocenters. The van der Waals surface area contributed by atoms with Crippen LogP contribution in [-0.4, -0.2) is 29.4 Å². The van der Waals surface area contributed by atoms with Crippen LogP contribution in [0.3, 0.4) is 0 Å². The molecule has 0 radical (unpaired) electrons. The number of hydrogen-bond donors (Lipinski definition) is 1. The van der Waals surface area contributed by atoms with Crippen molar-refractivity contribution in [3.63, 3.8) is 0 Å². The zero-order chi connectivity index (χ0) is 14.7. The number of benzene rings is 1. The molecule has 1 amide bonds. The molecule has 3 atom stereocenters. The van der Waals surface area contributed by atoms with E-state index in [1.54, 1.807) is 0 Å². The number of nitrogens with zero attached hydrogens (tertiary/aromatic N) is 1. The molecule has 2 N–H and O–H groups in total. The van der Waals surface area contributed by atoms with Gasteiger partial charge in [-0.3, -0.25) is 4.79 Å². The number of rotatable bonds is 3. The van der Waals surface area contributed by atoms with Crippen LogP contribution in [0, 0.1) is 0 Å². The van der Waals surface area contributed by atoms with E-state index >= 15 is 0 Å². The molecule has 1 aliphatic heterocycles. The van der Waals surface area contributed by atoms with Gasteiger partial charge >= 0.3 is 0 Å². The number of likely N-dealkylation sites (tertiary alicyclic amines) is 1. The first-order valence-corrected chi connectivity index (χ1v) is 7.67. The summed E-state index contributed by atoms with van der Waals surface area (Å²) in [5.74, 6) is 0.159. The van der Waals surface area contributed by atoms with Gasteiger partial charge in [0, 0.05) is 18.6 Å². The second-order valence-electron chi connectivity index (χ2n) is 5.98. The molecule has 1 aromatic carbocycles. The summed E-state index contributed by atoms with van der Waals surface area (Å²) < 4.78 is 0. The van der Waals surface area contributed by atoms with Gasteiger partial charge in [0.05, 0.1) is 5.92 Å². The van der Waals surface area contributed by atoms with Gasteiger partial charge in [-0.2, -0.15) is 0 Å². The first-order valence-electron chi connectivity index (χ1n) is 7.67. The third-order valence-electron chi connectivity index (χ3n) is 4.46. The van der Waals surface area contributed by atoms with Crippen molar-refractivity contribution < 1.29 is 4.79 Å². The Kier molecular flexibility index (Phi) is 4.81. The topological polar surface area (TPSA) is 46.3 Å². The minimum atomic E-state index is -0.0716. The summed E-state index contributed by atoms with van der Waals surface area (Å²) in [7, 11) is 0. The van der Waals surface area contributed by atoms with Crippen molar-refractivity contribution >= 4 is 5.91 Å². The molecule has 1 fully saturated rings. The Labute approximate surface area is 122 Å². The van der Waals surface area contributed by atoms with Crippen molar-refractivity contribution in [2.75, 3.05) is 6.54 Å². The van der Waals surface area contributed by atoms with Gasteiger partial charge in [-0.25, -0.2) is 0 Å². The summed E-state index contributed by atoms with van der Waals surface area (Å²) in [6.45, 7) is 7.04. The smallest absolute Gasteiger partial charge is 0.230 e. The van der Waals surface area contributed by atoms with Crippen molar-refractivity contribution in [2.45, 2.75) is 58.0 Å². The van der Waals surface area contributed by atoms with E-state index in [0.29, 0.717) is 0 Å². The average Bonchev–Trinajstić information content (AvgIpc) is 2.46. The summed E-state index contributed by atoms with van der Waals surface area (Å²) in [5, 5.41) is 0. The molecule has 1 saturated heterocycles. The molecule has 0 saturated carbocycles. The van der Waals surface area contributed by atoms with Gasteiger partial charge in [0.25, 0.3) is 0 Å². The van der Waals surface area contributed by atoms with Gasteiger partial charge in [0.1, 0.15) is 0 Å². The lowest BCUT2D eigenvalue weighted by Gasteiger charge is -2.38. The predicted octanol–water partition coefficient (Wildman–Crippen LogP) is 2.69. The van der Waals surface area contributed by atoms with Crippen LogP contribution in [-0.2, 0) is 11.2 Å². The Bertz CT molecular complexity index is 455. The molecule has 1 heterocycles. The van der Waals surface area contributed by atoms with Crippen LogP contribution in [0.2, 0.25) is 0 Å². The molecule has 0 aromatic heterocycles. The van der Waals surface area contributed by atoms with Gasteiger partial charge in [0.2, 0.25) is 5.91 Å². The van der Waals surface area contributed by atoms with E-state index in [1.165, 1.54) is 5.56 Å². The Balaban J connectivity index is 2.07. The van der Waals surface area contributed by atoms with Crippen molar-refractivity contribution in [2.24, 2.45) is 5.73 Å². The Morgan fingerprint density at radius 3 is 2.60 bits per heavy atom. The maximum atomic E-state index is 12.7. The Hall–Kier alpha value is -1.35. The fourth-order valence-electron chi connectivity index (χ4n) is 2.97. The third kappa shape index (κ3) is 3.21. The number of nitrogens with two attached hydrogens (primary N) is 1. The zero-order valence-electron chi connectivity index (χ0n) is 12.8. The molecule has 1 aliphatic rings. The highest BCUT2D eigenvalue weighted by molar-refractivity contribution is 5.83. The van der Waals surface area contributed by atoms with Gasteiger partial charge < -0.3 is 10.6 Å². The second-order valence-corrected chi connectivity index (χ2v) is 5.98. The lowest BCUT2D eigenvalue weighted by atomic mass is 9.94. The largest absolute Gasteiger partial charge is 0.339 e. The number of piperidine rings is 1. The summed E-state index contributed by atoms with van der Waals surface area (Å²) >= 11 is 0. The highest BCUT2D eigenvalue weighted by atomic mass is 16.2. The maximum absolute atomic E-state index is 12.7. The van der Waals surface area contributed by atoms with E-state index in [1.807, 2.05) is 11.8 Å². The van der Waals surface area contributed by atoms with E-state index in [2.05, 4.69) is 38.1 Å². The van der Waals surface area contributed by atoms with Crippen LogP contribution < -0.4 is 5.73 Å². The molecule has 110 valence electrons. The fourth-order valence-corrected chi connectivity index (χ4v) is 2.97. The maximum Gasteiger partial charge on any atom is 0.230 e. The average molecular weight is 274 g/mol. The minimum absolute atomic E-state index is 0.0716. The van der Waals surface area contributed by atoms with E-state index in [-0.39, 0.29) is 23.9 Å². The molecular weight excluding hydrogens is 248 g/mol. The van der Waals surface area contributed by atoms with Crippen molar-refractivity contribution in [1.82, 2.24) is 4.90 Å². The van der Waals surface area contributed by atoms with Gasteiger partial charge in [0.15, 0.2) is 0 Å². The van der Waals surface area contributed by atoms with Crippen LogP contribution in [0.5, 0.6) is 0 Å². The number of hydrogen-bond acceptors (Lipinski definition) is 2. The Morgan fingerprint density at radius 1 is 1.40 bits per heavy atom. The predicted molar refractivity (Wildman–Crippen MR) is 82.6 cm³/mol. The van der Waals surface area contributed by atoms with Crippen molar-refractivity contribution in [3.8, 4) is 0 Å². The first kappa shape index (κ1) is 15.0. The second kappa shape index (κ2) is 6.40. The van der Waals surface area contributed by atoms with Crippen molar-refractivity contribution in [3.05, 3.63) is 35.4 Å². The molecule has 3 nitrogen and oxygen atoms in total. The van der Waals surface area contributed by atoms with Crippen LogP contribution in [0.25, 0.3) is 0 Å². The molecule has 3 heteroatoms. The fraction of sp³-hybridized carbons (Fsp3) is 0.588. The van der Waals surface area contributed by atoms with Crippen molar-refractivity contribution in [1.29, 1.82) is 0 Å². The quantitative estimate of drug-likeness (QED) is 0.921. The molecule has 20 heavy (non-hydrogen) atoms. The van der Waals surface area contributed by atoms with Gasteiger partial charge in [-0.1, -0.05) is 31.2 Å². The zero-order valence-corrected chi connectivity index (χ0v) is 12.8. The number of amides is 1. The molecule has 0 bridgehead atoms. The highest BCUT2D eigenvalue weighted by Gasteiger charge is 2.30. The van der Waals surface area contributed by atoms with Gasteiger partial charge in [-0.05, 0) is 44.2 Å². The number of carbonyl (C=O) groups excluding carboxylic acids is 1. The molecule has 2 rings (SSSR count). The third-order valence-corrected chi connectivity index (χ3v) is 4.46. The van der Waals surface area contributed by atoms with Crippen LogP contribution in [0.4, 0.5) is 0 Å². The van der Waals surface area contributed by atoms with Crippen LogP contribution >= 0.6 is 0 Å². The number of aryl methyl sites for hydroxylation is 1. The van der Waals surface area contributed by atoms with Crippen LogP contribution in [0.15, 0.2) is 24.3 Å². The molecule has 1 aromatic rings. The van der Waals surface area contributed by atoms with Gasteiger partial charge in [-0.15, -0.1) is 0 Å². The van der Waals surface area contributed by atoms with E-state index in [9.17, 15) is 4.79 Å². The summed E-state index contributed by atoms with van der Waals surface area (Å²) in [6, 6.07) is 8.91. The number of carbonyl (C=O) groups is 1. The standard InChI is InChI=1S/C17H26N2O/c1-4-14-5-7-15(8-6-14)13(3)17(20)19-10-9-16(18)11-12(19)2/h5-8,12-13,16H,4,9-11,18H2,1-3H3. The lowest BCUT2D eigenvalue weighted by Crippen LogP contribution is -2.49. The van der Waals surface area contributed by atoms with E-state index in [0.717, 1.165) is 31.4 Å². The molecular formula is C17H26N2O. The summed E-state index contributed by atoms with van der Waals surface area (Å²) in [4.78, 5) is 14.7. The summed E-state index contributed by atoms with van der Waals surface area (Å²) in [6.07, 6.45) is 2.86. The van der Waals surface area contributed by atoms with E-state index in [4.69, 9.17) is 5.73 Å².